The highest BCUT2D eigenvalue weighted by Crippen LogP contribution is 2.36. The van der Waals surface area contributed by atoms with Crippen LogP contribution in [0.4, 0.5) is 17.6 Å². The molecule has 0 aliphatic heterocycles. The maximum Gasteiger partial charge on any atom is 0.387 e. The van der Waals surface area contributed by atoms with Crippen LogP contribution in [-0.2, 0) is 11.2 Å². The third-order valence-electron chi connectivity index (χ3n) is 4.66. The fraction of sp³-hybridized carbons (Fsp3) is 0.227. The molecule has 0 radical (unpaired) electrons. The molecule has 3 aromatic rings. The maximum absolute atomic E-state index is 12.9. The van der Waals surface area contributed by atoms with E-state index in [0.717, 1.165) is 12.1 Å². The van der Waals surface area contributed by atoms with Crippen molar-refractivity contribution < 1.29 is 41.3 Å². The van der Waals surface area contributed by atoms with Gasteiger partial charge in [-0.1, -0.05) is 12.1 Å². The van der Waals surface area contributed by atoms with Crippen molar-refractivity contribution in [2.75, 3.05) is 7.11 Å². The summed E-state index contributed by atoms with van der Waals surface area (Å²) in [5, 5.41) is 11.7. The Balaban J connectivity index is 2.05. The molecule has 0 saturated heterocycles. The monoisotopic (exact) mass is 466 g/mol. The quantitative estimate of drug-likeness (QED) is 0.205. The van der Waals surface area contributed by atoms with Gasteiger partial charge < -0.3 is 19.4 Å². The number of halogens is 4. The molecule has 0 aliphatic carbocycles. The number of nitrogens with zero attached hydrogens (tertiary/aromatic N) is 2. The summed E-state index contributed by atoms with van der Waals surface area (Å²) in [6.07, 6.45) is 4.28. The molecule has 7 nitrogen and oxygen atoms in total. The highest BCUT2D eigenvalue weighted by molar-refractivity contribution is 5.87. The molecular formula is C22H18F4N2O5. The first-order chi connectivity index (χ1) is 15.8. The molecule has 0 saturated carbocycles. The van der Waals surface area contributed by atoms with Crippen LogP contribution in [0.1, 0.15) is 33.1 Å². The lowest BCUT2D eigenvalue weighted by atomic mass is 9.87. The standard InChI is InChI=1S/C22H18F4N2O5/c1-31-20(29)17-6-4-15(11-27-17)16(9-13-3-2-8-28(30)12-13)14-5-7-18(32-21(23)24)19(10-14)33-22(25)26/h2-8,10-12,16,21-22H,9H2,1H3. The maximum atomic E-state index is 12.9. The van der Waals surface area contributed by atoms with Crippen molar-refractivity contribution in [2.24, 2.45) is 0 Å². The average molecular weight is 466 g/mol. The molecule has 1 atom stereocenters. The Morgan fingerprint density at radius 3 is 2.33 bits per heavy atom. The summed E-state index contributed by atoms with van der Waals surface area (Å²) in [4.78, 5) is 15.7. The molecule has 0 fully saturated rings. The second-order valence-corrected chi connectivity index (χ2v) is 6.76. The lowest BCUT2D eigenvalue weighted by Gasteiger charge is -2.20. The van der Waals surface area contributed by atoms with E-state index in [2.05, 4.69) is 19.2 Å². The van der Waals surface area contributed by atoms with Crippen LogP contribution in [0.25, 0.3) is 0 Å². The van der Waals surface area contributed by atoms with Gasteiger partial charge in [0.1, 0.15) is 5.69 Å². The van der Waals surface area contributed by atoms with E-state index in [4.69, 9.17) is 0 Å². The Morgan fingerprint density at radius 2 is 1.73 bits per heavy atom. The number of esters is 1. The summed E-state index contributed by atoms with van der Waals surface area (Å²) in [6.45, 7) is -6.51. The van der Waals surface area contributed by atoms with Gasteiger partial charge in [0.2, 0.25) is 0 Å². The Hall–Kier alpha value is -3.89. The number of ether oxygens (including phenoxy) is 3. The lowest BCUT2D eigenvalue weighted by molar-refractivity contribution is -0.605. The Kier molecular flexibility index (Phi) is 7.65. The van der Waals surface area contributed by atoms with Crippen molar-refractivity contribution in [3.05, 3.63) is 88.6 Å². The van der Waals surface area contributed by atoms with Gasteiger partial charge in [-0.3, -0.25) is 0 Å². The van der Waals surface area contributed by atoms with Crippen molar-refractivity contribution >= 4 is 5.97 Å². The number of methoxy groups -OCH3 is 1. The molecule has 2 heterocycles. The summed E-state index contributed by atoms with van der Waals surface area (Å²) in [6, 6.07) is 9.94. The van der Waals surface area contributed by atoms with E-state index in [1.54, 1.807) is 18.2 Å². The molecule has 0 N–H and O–H groups in total. The first kappa shape index (κ1) is 23.8. The van der Waals surface area contributed by atoms with Gasteiger partial charge in [0.15, 0.2) is 23.9 Å². The average Bonchev–Trinajstić information content (AvgIpc) is 2.78. The highest BCUT2D eigenvalue weighted by Gasteiger charge is 2.22. The Bertz CT molecular complexity index is 1100. The third-order valence-corrected chi connectivity index (χ3v) is 4.66. The lowest BCUT2D eigenvalue weighted by Crippen LogP contribution is -2.25. The van der Waals surface area contributed by atoms with Gasteiger partial charge >= 0.3 is 19.2 Å². The first-order valence-electron chi connectivity index (χ1n) is 9.52. The smallest absolute Gasteiger partial charge is 0.387 e. The van der Waals surface area contributed by atoms with E-state index in [9.17, 15) is 27.6 Å². The van der Waals surface area contributed by atoms with E-state index < -0.39 is 36.6 Å². The zero-order valence-corrected chi connectivity index (χ0v) is 17.2. The predicted octanol–water partition coefficient (Wildman–Crippen LogP) is 4.08. The Labute approximate surface area is 185 Å². The molecule has 0 spiro atoms. The Morgan fingerprint density at radius 1 is 1.03 bits per heavy atom. The summed E-state index contributed by atoms with van der Waals surface area (Å²) in [5.41, 5.74) is 1.63. The minimum absolute atomic E-state index is 0.0551. The molecule has 0 bridgehead atoms. The zero-order chi connectivity index (χ0) is 24.0. The van der Waals surface area contributed by atoms with Crippen molar-refractivity contribution in [1.29, 1.82) is 0 Å². The largest absolute Gasteiger partial charge is 0.619 e. The summed E-state index contributed by atoms with van der Waals surface area (Å²) >= 11 is 0. The van der Waals surface area contributed by atoms with Crippen LogP contribution in [0.5, 0.6) is 11.5 Å². The van der Waals surface area contributed by atoms with Gasteiger partial charge in [0.05, 0.1) is 7.11 Å². The molecule has 1 aromatic carbocycles. The number of aromatic nitrogens is 2. The van der Waals surface area contributed by atoms with Gasteiger partial charge in [-0.05, 0) is 41.8 Å². The van der Waals surface area contributed by atoms with Gasteiger partial charge in [0, 0.05) is 23.7 Å². The van der Waals surface area contributed by atoms with Crippen LogP contribution < -0.4 is 14.2 Å². The van der Waals surface area contributed by atoms with Crippen LogP contribution in [0.15, 0.2) is 61.1 Å². The molecule has 174 valence electrons. The van der Waals surface area contributed by atoms with Crippen LogP contribution in [-0.4, -0.2) is 31.3 Å². The molecule has 1 unspecified atom stereocenters. The van der Waals surface area contributed by atoms with Crippen LogP contribution >= 0.6 is 0 Å². The molecule has 3 rings (SSSR count). The van der Waals surface area contributed by atoms with E-state index in [-0.39, 0.29) is 12.1 Å². The van der Waals surface area contributed by atoms with E-state index in [0.29, 0.717) is 21.4 Å². The second-order valence-electron chi connectivity index (χ2n) is 6.76. The van der Waals surface area contributed by atoms with Crippen molar-refractivity contribution in [3.63, 3.8) is 0 Å². The summed E-state index contributed by atoms with van der Waals surface area (Å²) in [7, 11) is 1.21. The molecule has 0 amide bonds. The molecular weight excluding hydrogens is 448 g/mol. The highest BCUT2D eigenvalue weighted by atomic mass is 19.3. The van der Waals surface area contributed by atoms with Crippen LogP contribution in [0.2, 0.25) is 0 Å². The number of hydrogen-bond acceptors (Lipinski definition) is 6. The minimum atomic E-state index is -3.27. The molecule has 11 heteroatoms. The van der Waals surface area contributed by atoms with E-state index >= 15 is 0 Å². The summed E-state index contributed by atoms with van der Waals surface area (Å²) < 4.78 is 65.0. The van der Waals surface area contributed by atoms with Gasteiger partial charge in [-0.2, -0.15) is 22.3 Å². The topological polar surface area (TPSA) is 84.6 Å². The van der Waals surface area contributed by atoms with E-state index in [1.165, 1.54) is 37.8 Å². The zero-order valence-electron chi connectivity index (χ0n) is 17.2. The fourth-order valence-electron chi connectivity index (χ4n) is 3.25. The van der Waals surface area contributed by atoms with Crippen molar-refractivity contribution in [1.82, 2.24) is 4.98 Å². The number of rotatable bonds is 9. The van der Waals surface area contributed by atoms with Gasteiger partial charge in [-0.25, -0.2) is 9.78 Å². The molecule has 2 aromatic heterocycles. The van der Waals surface area contributed by atoms with E-state index in [1.807, 2.05) is 0 Å². The fourth-order valence-corrected chi connectivity index (χ4v) is 3.25. The normalized spacial score (nSPS) is 12.0. The van der Waals surface area contributed by atoms with Crippen LogP contribution in [0.3, 0.4) is 0 Å². The number of pyridine rings is 2. The summed E-state index contributed by atoms with van der Waals surface area (Å²) in [5.74, 6) is -2.33. The van der Waals surface area contributed by atoms with Crippen molar-refractivity contribution in [2.45, 2.75) is 25.6 Å². The third kappa shape index (κ3) is 6.31. The molecule has 0 aliphatic rings. The minimum Gasteiger partial charge on any atom is -0.619 e. The molecule has 33 heavy (non-hydrogen) atoms. The van der Waals surface area contributed by atoms with Gasteiger partial charge in [-0.15, -0.1) is 0 Å². The van der Waals surface area contributed by atoms with Crippen molar-refractivity contribution in [3.8, 4) is 11.5 Å². The number of benzene rings is 1. The predicted molar refractivity (Wildman–Crippen MR) is 106 cm³/mol. The van der Waals surface area contributed by atoms with Crippen LogP contribution in [0, 0.1) is 5.21 Å². The van der Waals surface area contributed by atoms with Gasteiger partial charge in [0.25, 0.3) is 0 Å². The number of alkyl halides is 4. The first-order valence-corrected chi connectivity index (χ1v) is 9.52. The number of carbonyl (C=O) groups is 1. The number of hydrogen-bond donors (Lipinski definition) is 0. The number of carbonyl (C=O) groups excluding carboxylic acids is 1. The second kappa shape index (κ2) is 10.6. The SMILES string of the molecule is COC(=O)c1ccc(C(Cc2ccc[n+]([O-])c2)c2ccc(OC(F)F)c(OC(F)F)c2)cn1.